The highest BCUT2D eigenvalue weighted by atomic mass is 14.9. The first-order valence-corrected chi connectivity index (χ1v) is 4.26. The average Bonchev–Trinajstić information content (AvgIpc) is 1.92. The molecule has 12 heavy (non-hydrogen) atoms. The molecule has 0 radical (unpaired) electrons. The van der Waals surface area contributed by atoms with E-state index in [1.165, 1.54) is 11.1 Å². The number of allylic oxidation sites excluding steroid dienone is 3. The summed E-state index contributed by atoms with van der Waals surface area (Å²) in [6, 6.07) is 0. The molecule has 0 amide bonds. The fraction of sp³-hybridized carbons (Fsp3) is 0.455. The fourth-order valence-corrected chi connectivity index (χ4v) is 1.07. The monoisotopic (exact) mass is 163 g/mol. The van der Waals surface area contributed by atoms with Crippen molar-refractivity contribution in [1.29, 1.82) is 0 Å². The first kappa shape index (κ1) is 9.11. The number of rotatable bonds is 0. The van der Waals surface area contributed by atoms with E-state index in [9.17, 15) is 0 Å². The van der Waals surface area contributed by atoms with E-state index >= 15 is 0 Å². The summed E-state index contributed by atoms with van der Waals surface area (Å²) in [5, 5.41) is 3.16. The van der Waals surface area contributed by atoms with Crippen LogP contribution in [0.5, 0.6) is 0 Å². The van der Waals surface area contributed by atoms with E-state index in [1.807, 2.05) is 6.20 Å². The van der Waals surface area contributed by atoms with Crippen LogP contribution in [-0.2, 0) is 0 Å². The molecule has 1 nitrogen and oxygen atoms in total. The SMILES string of the molecule is C=C1NC=C(C(C)(C)C)C=C1C. The zero-order chi connectivity index (χ0) is 9.35. The molecule has 66 valence electrons. The van der Waals surface area contributed by atoms with E-state index in [0.717, 1.165) is 5.70 Å². The van der Waals surface area contributed by atoms with Crippen LogP contribution < -0.4 is 5.32 Å². The Hall–Kier alpha value is -0.980. The van der Waals surface area contributed by atoms with Crippen molar-refractivity contribution in [3.63, 3.8) is 0 Å². The molecule has 0 bridgehead atoms. The Morgan fingerprint density at radius 2 is 1.92 bits per heavy atom. The summed E-state index contributed by atoms with van der Waals surface area (Å²) in [4.78, 5) is 0. The molecule has 0 saturated carbocycles. The van der Waals surface area contributed by atoms with Crippen LogP contribution in [0.2, 0.25) is 0 Å². The Morgan fingerprint density at radius 1 is 1.33 bits per heavy atom. The maximum atomic E-state index is 3.89. The van der Waals surface area contributed by atoms with Gasteiger partial charge in [0.1, 0.15) is 0 Å². The van der Waals surface area contributed by atoms with Crippen LogP contribution in [0.25, 0.3) is 0 Å². The molecule has 1 aliphatic rings. The van der Waals surface area contributed by atoms with Crippen LogP contribution in [0.4, 0.5) is 0 Å². The van der Waals surface area contributed by atoms with Gasteiger partial charge >= 0.3 is 0 Å². The highest BCUT2D eigenvalue weighted by Gasteiger charge is 2.17. The van der Waals surface area contributed by atoms with Crippen molar-refractivity contribution in [3.05, 3.63) is 35.7 Å². The van der Waals surface area contributed by atoms with Gasteiger partial charge in [-0.1, -0.05) is 33.4 Å². The standard InChI is InChI=1S/C11H17N/c1-8-6-10(11(3,4)5)7-12-9(8)2/h6-7,12H,2H2,1,3-5H3. The van der Waals surface area contributed by atoms with E-state index in [4.69, 9.17) is 0 Å². The Bertz CT molecular complexity index is 261. The van der Waals surface area contributed by atoms with Gasteiger partial charge in [0, 0.05) is 11.9 Å². The number of hydrogen-bond acceptors (Lipinski definition) is 1. The van der Waals surface area contributed by atoms with E-state index in [1.54, 1.807) is 0 Å². The Morgan fingerprint density at radius 3 is 2.33 bits per heavy atom. The third-order valence-electron chi connectivity index (χ3n) is 2.12. The van der Waals surface area contributed by atoms with Gasteiger partial charge in [-0.05, 0) is 23.5 Å². The first-order chi connectivity index (χ1) is 5.41. The maximum Gasteiger partial charge on any atom is 0.0336 e. The predicted octanol–water partition coefficient (Wildman–Crippen LogP) is 2.98. The van der Waals surface area contributed by atoms with Crippen molar-refractivity contribution in [3.8, 4) is 0 Å². The molecule has 1 rings (SSSR count). The molecule has 0 saturated heterocycles. The van der Waals surface area contributed by atoms with E-state index in [2.05, 4.69) is 45.7 Å². The highest BCUT2D eigenvalue weighted by Crippen LogP contribution is 2.29. The molecular formula is C11H17N. The van der Waals surface area contributed by atoms with Crippen molar-refractivity contribution in [2.24, 2.45) is 5.41 Å². The average molecular weight is 163 g/mol. The second kappa shape index (κ2) is 2.81. The Balaban J connectivity index is 2.93. The molecule has 1 heterocycles. The summed E-state index contributed by atoms with van der Waals surface area (Å²) >= 11 is 0. The summed E-state index contributed by atoms with van der Waals surface area (Å²) in [7, 11) is 0. The third-order valence-corrected chi connectivity index (χ3v) is 2.12. The van der Waals surface area contributed by atoms with Crippen molar-refractivity contribution >= 4 is 0 Å². The van der Waals surface area contributed by atoms with Crippen LogP contribution in [-0.4, -0.2) is 0 Å². The van der Waals surface area contributed by atoms with E-state index in [0.29, 0.717) is 0 Å². The van der Waals surface area contributed by atoms with E-state index < -0.39 is 0 Å². The lowest BCUT2D eigenvalue weighted by Crippen LogP contribution is -2.17. The van der Waals surface area contributed by atoms with Gasteiger partial charge < -0.3 is 5.32 Å². The zero-order valence-corrected chi connectivity index (χ0v) is 8.36. The van der Waals surface area contributed by atoms with Gasteiger partial charge in [0.25, 0.3) is 0 Å². The number of dihydropyridines is 1. The van der Waals surface area contributed by atoms with Gasteiger partial charge in [0.2, 0.25) is 0 Å². The van der Waals surface area contributed by atoms with Crippen LogP contribution in [0.15, 0.2) is 35.7 Å². The lowest BCUT2D eigenvalue weighted by molar-refractivity contribution is 0.511. The van der Waals surface area contributed by atoms with E-state index in [-0.39, 0.29) is 5.41 Å². The fourth-order valence-electron chi connectivity index (χ4n) is 1.07. The summed E-state index contributed by atoms with van der Waals surface area (Å²) < 4.78 is 0. The normalized spacial score (nSPS) is 18.2. The molecule has 1 N–H and O–H groups in total. The molecule has 1 heteroatoms. The van der Waals surface area contributed by atoms with Gasteiger partial charge in [-0.15, -0.1) is 0 Å². The lowest BCUT2D eigenvalue weighted by Gasteiger charge is -2.25. The van der Waals surface area contributed by atoms with Crippen molar-refractivity contribution in [2.45, 2.75) is 27.7 Å². The second-order valence-electron chi connectivity index (χ2n) is 4.30. The molecule has 0 aromatic heterocycles. The third kappa shape index (κ3) is 1.79. The maximum absolute atomic E-state index is 3.89. The van der Waals surface area contributed by atoms with Gasteiger partial charge in [0.15, 0.2) is 0 Å². The Labute approximate surface area is 74.9 Å². The summed E-state index contributed by atoms with van der Waals surface area (Å²) in [5.41, 5.74) is 3.77. The topological polar surface area (TPSA) is 12.0 Å². The van der Waals surface area contributed by atoms with Gasteiger partial charge in [0.05, 0.1) is 0 Å². The highest BCUT2D eigenvalue weighted by molar-refractivity contribution is 5.40. The van der Waals surface area contributed by atoms with Crippen LogP contribution in [0, 0.1) is 5.41 Å². The van der Waals surface area contributed by atoms with Crippen molar-refractivity contribution in [2.75, 3.05) is 0 Å². The largest absolute Gasteiger partial charge is 0.362 e. The predicted molar refractivity (Wildman–Crippen MR) is 53.6 cm³/mol. The van der Waals surface area contributed by atoms with Gasteiger partial charge in [-0.2, -0.15) is 0 Å². The molecule has 0 aliphatic carbocycles. The number of nitrogens with one attached hydrogen (secondary N) is 1. The molecule has 0 aromatic rings. The summed E-state index contributed by atoms with van der Waals surface area (Å²) in [6.45, 7) is 12.6. The van der Waals surface area contributed by atoms with Crippen LogP contribution in [0.3, 0.4) is 0 Å². The first-order valence-electron chi connectivity index (χ1n) is 4.26. The minimum absolute atomic E-state index is 0.217. The van der Waals surface area contributed by atoms with Gasteiger partial charge in [-0.3, -0.25) is 0 Å². The van der Waals surface area contributed by atoms with Crippen molar-refractivity contribution in [1.82, 2.24) is 5.32 Å². The molecule has 0 spiro atoms. The molecule has 0 unspecified atom stereocenters. The molecule has 0 aromatic carbocycles. The van der Waals surface area contributed by atoms with Crippen LogP contribution in [0.1, 0.15) is 27.7 Å². The second-order valence-corrected chi connectivity index (χ2v) is 4.30. The Kier molecular flexibility index (Phi) is 2.14. The number of hydrogen-bond donors (Lipinski definition) is 1. The minimum atomic E-state index is 0.217. The molecule has 0 atom stereocenters. The minimum Gasteiger partial charge on any atom is -0.362 e. The molecular weight excluding hydrogens is 146 g/mol. The van der Waals surface area contributed by atoms with Crippen LogP contribution >= 0.6 is 0 Å². The summed E-state index contributed by atoms with van der Waals surface area (Å²) in [5.74, 6) is 0. The molecule has 1 aliphatic heterocycles. The summed E-state index contributed by atoms with van der Waals surface area (Å²) in [6.07, 6.45) is 4.23. The molecule has 0 fully saturated rings. The smallest absolute Gasteiger partial charge is 0.0336 e. The zero-order valence-electron chi connectivity index (χ0n) is 8.36. The van der Waals surface area contributed by atoms with Gasteiger partial charge in [-0.25, -0.2) is 0 Å². The lowest BCUT2D eigenvalue weighted by atomic mass is 9.85. The quantitative estimate of drug-likeness (QED) is 0.579. The van der Waals surface area contributed by atoms with Crippen molar-refractivity contribution < 1.29 is 0 Å².